The molecule has 3 N–H and O–H groups in total. The second kappa shape index (κ2) is 6.50. The first-order valence-electron chi connectivity index (χ1n) is 8.68. The maximum atomic E-state index is 12.5. The molecule has 0 aromatic heterocycles. The van der Waals surface area contributed by atoms with E-state index in [0.29, 0.717) is 19.5 Å². The van der Waals surface area contributed by atoms with Gasteiger partial charge in [0.05, 0.1) is 12.6 Å². The molecule has 2 aromatic rings. The molecule has 2 unspecified atom stereocenters. The van der Waals surface area contributed by atoms with Gasteiger partial charge >= 0.3 is 6.09 Å². The molecule has 25 heavy (non-hydrogen) atoms. The highest BCUT2D eigenvalue weighted by Gasteiger charge is 2.35. The van der Waals surface area contributed by atoms with Gasteiger partial charge < -0.3 is 20.5 Å². The van der Waals surface area contributed by atoms with Gasteiger partial charge in [-0.3, -0.25) is 0 Å². The number of likely N-dealkylation sites (tertiary alicyclic amines) is 1. The van der Waals surface area contributed by atoms with Crippen molar-refractivity contribution in [3.05, 3.63) is 59.7 Å². The highest BCUT2D eigenvalue weighted by Crippen LogP contribution is 2.44. The van der Waals surface area contributed by atoms with Crippen molar-refractivity contribution < 1.29 is 14.6 Å². The van der Waals surface area contributed by atoms with E-state index in [0.717, 1.165) is 0 Å². The first-order chi connectivity index (χ1) is 12.2. The van der Waals surface area contributed by atoms with Crippen LogP contribution in [0, 0.1) is 0 Å². The number of hydrogen-bond acceptors (Lipinski definition) is 4. The number of carbonyl (C=O) groups excluding carboxylic acids is 1. The van der Waals surface area contributed by atoms with Crippen LogP contribution in [0.25, 0.3) is 11.1 Å². The van der Waals surface area contributed by atoms with Crippen molar-refractivity contribution in [3.63, 3.8) is 0 Å². The van der Waals surface area contributed by atoms with E-state index >= 15 is 0 Å². The summed E-state index contributed by atoms with van der Waals surface area (Å²) in [6.07, 6.45) is -0.399. The second-order valence-corrected chi connectivity index (χ2v) is 6.74. The summed E-state index contributed by atoms with van der Waals surface area (Å²) in [5.41, 5.74) is 10.5. The highest BCUT2D eigenvalue weighted by atomic mass is 16.6. The standard InChI is InChI=1S/C20H22N2O3/c21-10-13-9-14(23)11-22(13)20(24)25-12-19-17-7-3-1-5-15(17)16-6-2-4-8-18(16)19/h1-8,13-14,19,23H,9-12,21H2. The van der Waals surface area contributed by atoms with Crippen molar-refractivity contribution in [2.24, 2.45) is 5.73 Å². The largest absolute Gasteiger partial charge is 0.448 e. The molecule has 5 heteroatoms. The summed E-state index contributed by atoms with van der Waals surface area (Å²) in [5.74, 6) is 0.0419. The first kappa shape index (κ1) is 16.1. The zero-order valence-corrected chi connectivity index (χ0v) is 14.0. The maximum Gasteiger partial charge on any atom is 0.410 e. The number of nitrogens with zero attached hydrogens (tertiary/aromatic N) is 1. The predicted octanol–water partition coefficient (Wildman–Crippen LogP) is 2.33. The van der Waals surface area contributed by atoms with Gasteiger partial charge in [0, 0.05) is 18.5 Å². The van der Waals surface area contributed by atoms with Gasteiger partial charge in [-0.15, -0.1) is 0 Å². The minimum Gasteiger partial charge on any atom is -0.448 e. The minimum atomic E-state index is -0.519. The smallest absolute Gasteiger partial charge is 0.410 e. The summed E-state index contributed by atoms with van der Waals surface area (Å²) in [7, 11) is 0. The number of nitrogens with two attached hydrogens (primary N) is 1. The van der Waals surface area contributed by atoms with Crippen LogP contribution in [0.2, 0.25) is 0 Å². The van der Waals surface area contributed by atoms with Crippen molar-refractivity contribution in [2.45, 2.75) is 24.5 Å². The summed E-state index contributed by atoms with van der Waals surface area (Å²) in [6.45, 7) is 0.913. The van der Waals surface area contributed by atoms with Crippen LogP contribution in [-0.2, 0) is 4.74 Å². The number of aliphatic hydroxyl groups is 1. The van der Waals surface area contributed by atoms with Crippen LogP contribution in [0.15, 0.2) is 48.5 Å². The Labute approximate surface area is 147 Å². The number of benzene rings is 2. The molecule has 1 aliphatic heterocycles. The van der Waals surface area contributed by atoms with Crippen molar-refractivity contribution in [1.82, 2.24) is 4.90 Å². The molecule has 2 aromatic carbocycles. The maximum absolute atomic E-state index is 12.5. The molecule has 1 aliphatic carbocycles. The van der Waals surface area contributed by atoms with Gasteiger partial charge in [0.25, 0.3) is 0 Å². The van der Waals surface area contributed by atoms with Gasteiger partial charge in [-0.2, -0.15) is 0 Å². The van der Waals surface area contributed by atoms with E-state index in [2.05, 4.69) is 24.3 Å². The average Bonchev–Trinajstić information content (AvgIpc) is 3.18. The summed E-state index contributed by atoms with van der Waals surface area (Å²) in [5, 5.41) is 9.79. The summed E-state index contributed by atoms with van der Waals surface area (Å²) in [6, 6.07) is 16.3. The molecule has 0 radical (unpaired) electrons. The zero-order valence-electron chi connectivity index (χ0n) is 14.0. The molecule has 5 nitrogen and oxygen atoms in total. The third-order valence-electron chi connectivity index (χ3n) is 5.24. The van der Waals surface area contributed by atoms with Gasteiger partial charge in [0.2, 0.25) is 0 Å². The highest BCUT2D eigenvalue weighted by molar-refractivity contribution is 5.79. The molecular formula is C20H22N2O3. The Kier molecular flexibility index (Phi) is 4.19. The quantitative estimate of drug-likeness (QED) is 0.901. The number of β-amino-alcohol motifs (C(OH)–C–C–N with tert-alkyl or cyclic N) is 1. The van der Waals surface area contributed by atoms with Crippen molar-refractivity contribution in [3.8, 4) is 11.1 Å². The number of hydrogen-bond donors (Lipinski definition) is 2. The van der Waals surface area contributed by atoms with Gasteiger partial charge in [0.15, 0.2) is 0 Å². The third-order valence-corrected chi connectivity index (χ3v) is 5.24. The average molecular weight is 338 g/mol. The molecule has 1 amide bonds. The third kappa shape index (κ3) is 2.79. The second-order valence-electron chi connectivity index (χ2n) is 6.74. The molecule has 1 saturated heterocycles. The molecule has 1 heterocycles. The summed E-state index contributed by atoms with van der Waals surface area (Å²) < 4.78 is 5.62. The number of aliphatic hydroxyl groups excluding tert-OH is 1. The van der Waals surface area contributed by atoms with Gasteiger partial charge in [0.1, 0.15) is 6.61 Å². The number of amides is 1. The fourth-order valence-corrected chi connectivity index (χ4v) is 4.02. The fraction of sp³-hybridized carbons (Fsp3) is 0.350. The molecule has 4 rings (SSSR count). The van der Waals surface area contributed by atoms with Gasteiger partial charge in [-0.1, -0.05) is 48.5 Å². The lowest BCUT2D eigenvalue weighted by atomic mass is 9.98. The minimum absolute atomic E-state index is 0.0419. The van der Waals surface area contributed by atoms with Crippen LogP contribution in [0.3, 0.4) is 0 Å². The van der Waals surface area contributed by atoms with Crippen molar-refractivity contribution in [2.75, 3.05) is 19.7 Å². The molecule has 130 valence electrons. The Morgan fingerprint density at radius 3 is 2.32 bits per heavy atom. The topological polar surface area (TPSA) is 75.8 Å². The van der Waals surface area contributed by atoms with E-state index in [9.17, 15) is 9.90 Å². The van der Waals surface area contributed by atoms with Gasteiger partial charge in [-0.05, 0) is 28.7 Å². The van der Waals surface area contributed by atoms with Gasteiger partial charge in [-0.25, -0.2) is 4.79 Å². The van der Waals surface area contributed by atoms with E-state index in [1.165, 1.54) is 22.3 Å². The van der Waals surface area contributed by atoms with Crippen LogP contribution in [0.4, 0.5) is 4.79 Å². The molecule has 2 atom stereocenters. The Bertz CT molecular complexity index is 747. The van der Waals surface area contributed by atoms with Crippen molar-refractivity contribution in [1.29, 1.82) is 0 Å². The predicted molar refractivity (Wildman–Crippen MR) is 95.2 cm³/mol. The molecule has 0 spiro atoms. The molecule has 0 saturated carbocycles. The van der Waals surface area contributed by atoms with E-state index in [1.54, 1.807) is 4.90 Å². The van der Waals surface area contributed by atoms with E-state index in [1.807, 2.05) is 24.3 Å². The normalized spacial score (nSPS) is 21.9. The summed E-state index contributed by atoms with van der Waals surface area (Å²) in [4.78, 5) is 14.0. The van der Waals surface area contributed by atoms with Crippen LogP contribution in [0.1, 0.15) is 23.5 Å². The SMILES string of the molecule is NCC1CC(O)CN1C(=O)OCC1c2ccccc2-c2ccccc21. The van der Waals surface area contributed by atoms with E-state index in [-0.39, 0.29) is 18.6 Å². The molecular weight excluding hydrogens is 316 g/mol. The first-order valence-corrected chi connectivity index (χ1v) is 8.68. The number of fused-ring (bicyclic) bond motifs is 3. The number of carbonyl (C=O) groups is 1. The lowest BCUT2D eigenvalue weighted by molar-refractivity contribution is 0.0918. The van der Waals surface area contributed by atoms with Crippen LogP contribution in [0.5, 0.6) is 0 Å². The Morgan fingerprint density at radius 2 is 1.72 bits per heavy atom. The summed E-state index contributed by atoms with van der Waals surface area (Å²) >= 11 is 0. The monoisotopic (exact) mass is 338 g/mol. The number of ether oxygens (including phenoxy) is 1. The molecule has 0 bridgehead atoms. The Hall–Kier alpha value is -2.37. The fourth-order valence-electron chi connectivity index (χ4n) is 4.02. The zero-order chi connectivity index (χ0) is 17.4. The molecule has 1 fully saturated rings. The van der Waals surface area contributed by atoms with Crippen molar-refractivity contribution >= 4 is 6.09 Å². The Balaban J connectivity index is 1.53. The van der Waals surface area contributed by atoms with E-state index < -0.39 is 12.2 Å². The lowest BCUT2D eigenvalue weighted by Crippen LogP contribution is -2.40. The Morgan fingerprint density at radius 1 is 1.12 bits per heavy atom. The lowest BCUT2D eigenvalue weighted by Gasteiger charge is -2.23. The molecule has 2 aliphatic rings. The van der Waals surface area contributed by atoms with E-state index in [4.69, 9.17) is 10.5 Å². The van der Waals surface area contributed by atoms with Crippen LogP contribution in [-0.4, -0.2) is 47.9 Å². The van der Waals surface area contributed by atoms with Crippen LogP contribution >= 0.6 is 0 Å². The number of rotatable bonds is 3. The van der Waals surface area contributed by atoms with Crippen LogP contribution < -0.4 is 5.73 Å².